The summed E-state index contributed by atoms with van der Waals surface area (Å²) in [5, 5.41) is 0. The van der Waals surface area contributed by atoms with Crippen molar-refractivity contribution in [3.8, 4) is 0 Å². The summed E-state index contributed by atoms with van der Waals surface area (Å²) < 4.78 is 35.3. The standard InChI is InChI=1S/C77H134NO10P/c1-5-9-13-17-21-25-29-33-37-41-45-49-53-57-61-65-74(79)78(75(80)66-62-58-54-50-46-42-38-34-30-26-22-18-14-10-6-2)69-70-86-89(83,84)87-72-73(88-77(82)68-64-60-56-52-48-44-40-36-32-28-24-20-16-12-8-4)71-85-76(81)67-63-59-55-51-47-43-39-35-31-27-23-19-15-11-7-3/h21-28,33-40,73H,5-20,29-32,41-72H2,1-4H3,(H,83,84)/b25-21-,26-22-,27-23-,28-24-,37-33-,38-34-,39-35-,40-36-/t73-/m1/s1. The molecule has 0 aromatic rings. The van der Waals surface area contributed by atoms with Gasteiger partial charge in [-0.1, -0.05) is 253 Å². The van der Waals surface area contributed by atoms with Gasteiger partial charge < -0.3 is 14.4 Å². The highest BCUT2D eigenvalue weighted by Crippen LogP contribution is 2.43. The first kappa shape index (κ1) is 85.1. The summed E-state index contributed by atoms with van der Waals surface area (Å²) in [7, 11) is -4.77. The van der Waals surface area contributed by atoms with Gasteiger partial charge in [0.15, 0.2) is 6.10 Å². The Morgan fingerprint density at radius 1 is 0.348 bits per heavy atom. The lowest BCUT2D eigenvalue weighted by Crippen LogP contribution is -2.39. The number of ether oxygens (including phenoxy) is 2. The Kier molecular flexibility index (Phi) is 65.5. The molecule has 1 unspecified atom stereocenters. The second kappa shape index (κ2) is 68.5. The van der Waals surface area contributed by atoms with E-state index in [4.69, 9.17) is 18.5 Å². The fourth-order valence-corrected chi connectivity index (χ4v) is 10.8. The molecule has 0 aliphatic carbocycles. The second-order valence-electron chi connectivity index (χ2n) is 24.3. The molecule has 0 heterocycles. The fourth-order valence-electron chi connectivity index (χ4n) is 10.1. The Hall–Kier alpha value is -3.89. The van der Waals surface area contributed by atoms with E-state index in [2.05, 4.69) is 125 Å². The van der Waals surface area contributed by atoms with Crippen molar-refractivity contribution in [3.05, 3.63) is 97.2 Å². The predicted molar refractivity (Wildman–Crippen MR) is 377 cm³/mol. The summed E-state index contributed by atoms with van der Waals surface area (Å²) in [6.07, 6.45) is 82.1. The largest absolute Gasteiger partial charge is 0.472 e. The van der Waals surface area contributed by atoms with Crippen LogP contribution in [0.1, 0.15) is 336 Å². The highest BCUT2D eigenvalue weighted by molar-refractivity contribution is 7.47. The summed E-state index contributed by atoms with van der Waals surface area (Å²) in [4.78, 5) is 65.4. The first-order valence-corrected chi connectivity index (χ1v) is 38.1. The van der Waals surface area contributed by atoms with Crippen molar-refractivity contribution in [2.75, 3.05) is 26.4 Å². The van der Waals surface area contributed by atoms with E-state index in [0.717, 1.165) is 180 Å². The van der Waals surface area contributed by atoms with Crippen LogP contribution in [0.15, 0.2) is 97.2 Å². The summed E-state index contributed by atoms with van der Waals surface area (Å²) >= 11 is 0. The number of hydrogen-bond acceptors (Lipinski definition) is 9. The number of unbranched alkanes of at least 4 members (excludes halogenated alkanes) is 32. The van der Waals surface area contributed by atoms with Crippen LogP contribution in [-0.2, 0) is 42.3 Å². The minimum absolute atomic E-state index is 0.149. The molecule has 0 aliphatic heterocycles. The summed E-state index contributed by atoms with van der Waals surface area (Å²) in [6.45, 7) is 7.37. The summed E-state index contributed by atoms with van der Waals surface area (Å²) in [5.74, 6) is -1.59. The third-order valence-electron chi connectivity index (χ3n) is 15.7. The van der Waals surface area contributed by atoms with Crippen molar-refractivity contribution >= 4 is 31.6 Å². The smallest absolute Gasteiger partial charge is 0.462 e. The van der Waals surface area contributed by atoms with Crippen LogP contribution in [0.4, 0.5) is 0 Å². The Bertz CT molecular complexity index is 1880. The van der Waals surface area contributed by atoms with E-state index in [9.17, 15) is 28.6 Å². The van der Waals surface area contributed by atoms with Crippen LogP contribution in [0.3, 0.4) is 0 Å². The maximum atomic E-state index is 13.7. The Labute approximate surface area is 546 Å². The molecule has 0 rings (SSSR count). The van der Waals surface area contributed by atoms with E-state index in [1.165, 1.54) is 81.9 Å². The Morgan fingerprint density at radius 3 is 0.955 bits per heavy atom. The minimum atomic E-state index is -4.77. The van der Waals surface area contributed by atoms with E-state index in [1.807, 2.05) is 0 Å². The van der Waals surface area contributed by atoms with Gasteiger partial charge in [-0.3, -0.25) is 33.1 Å². The first-order valence-electron chi connectivity index (χ1n) is 36.6. The van der Waals surface area contributed by atoms with Crippen LogP contribution in [-0.4, -0.2) is 66.0 Å². The van der Waals surface area contributed by atoms with Crippen molar-refractivity contribution in [2.45, 2.75) is 342 Å². The number of carbonyl (C=O) groups excluding carboxylic acids is 4. The Morgan fingerprint density at radius 2 is 0.629 bits per heavy atom. The van der Waals surface area contributed by atoms with Crippen molar-refractivity contribution in [3.63, 3.8) is 0 Å². The fraction of sp³-hybridized carbons (Fsp3) is 0.740. The number of allylic oxidation sites excluding steroid dienone is 16. The van der Waals surface area contributed by atoms with Gasteiger partial charge in [-0.15, -0.1) is 0 Å². The number of esters is 2. The quantitative estimate of drug-likeness (QED) is 0.0270. The summed E-state index contributed by atoms with van der Waals surface area (Å²) in [6, 6.07) is 0. The molecule has 1 N–H and O–H groups in total. The predicted octanol–water partition coefficient (Wildman–Crippen LogP) is 23.2. The van der Waals surface area contributed by atoms with Crippen LogP contribution in [0, 0.1) is 0 Å². The van der Waals surface area contributed by atoms with Crippen LogP contribution in [0.5, 0.6) is 0 Å². The topological polar surface area (TPSA) is 146 Å². The summed E-state index contributed by atoms with van der Waals surface area (Å²) in [5.41, 5.74) is 0. The lowest BCUT2D eigenvalue weighted by molar-refractivity contribution is -0.161. The number of hydrogen-bond donors (Lipinski definition) is 1. The molecule has 12 heteroatoms. The molecular weight excluding hydrogens is 1130 g/mol. The van der Waals surface area contributed by atoms with Gasteiger partial charge in [0.25, 0.3) is 0 Å². The molecular formula is C77H134NO10P. The lowest BCUT2D eigenvalue weighted by Gasteiger charge is -2.23. The Balaban J connectivity index is 5.43. The molecule has 2 amide bonds. The molecule has 512 valence electrons. The number of carbonyl (C=O) groups is 4. The van der Waals surface area contributed by atoms with Gasteiger partial charge in [-0.25, -0.2) is 4.57 Å². The molecule has 2 atom stereocenters. The zero-order valence-electron chi connectivity index (χ0n) is 57.6. The zero-order chi connectivity index (χ0) is 64.9. The van der Waals surface area contributed by atoms with E-state index in [0.29, 0.717) is 25.7 Å². The highest BCUT2D eigenvalue weighted by Gasteiger charge is 2.28. The highest BCUT2D eigenvalue weighted by atomic mass is 31.2. The van der Waals surface area contributed by atoms with Crippen molar-refractivity contribution in [1.29, 1.82) is 0 Å². The number of rotatable bonds is 66. The monoisotopic (exact) mass is 1260 g/mol. The number of imide groups is 1. The molecule has 0 fully saturated rings. The zero-order valence-corrected chi connectivity index (χ0v) is 58.5. The van der Waals surface area contributed by atoms with Gasteiger partial charge in [0.2, 0.25) is 11.8 Å². The van der Waals surface area contributed by atoms with Gasteiger partial charge in [-0.05, 0) is 154 Å². The molecule has 11 nitrogen and oxygen atoms in total. The van der Waals surface area contributed by atoms with Gasteiger partial charge in [0, 0.05) is 25.7 Å². The first-order chi connectivity index (χ1) is 43.6. The third kappa shape index (κ3) is 64.0. The van der Waals surface area contributed by atoms with Crippen molar-refractivity contribution < 1.29 is 47.2 Å². The average molecular weight is 1260 g/mol. The number of phosphoric ester groups is 1. The van der Waals surface area contributed by atoms with Gasteiger partial charge in [0.05, 0.1) is 19.8 Å². The van der Waals surface area contributed by atoms with E-state index < -0.39 is 39.1 Å². The van der Waals surface area contributed by atoms with E-state index >= 15 is 0 Å². The third-order valence-corrected chi connectivity index (χ3v) is 16.7. The van der Waals surface area contributed by atoms with Crippen molar-refractivity contribution in [1.82, 2.24) is 4.90 Å². The van der Waals surface area contributed by atoms with Crippen LogP contribution < -0.4 is 0 Å². The van der Waals surface area contributed by atoms with E-state index in [-0.39, 0.29) is 50.6 Å². The maximum Gasteiger partial charge on any atom is 0.472 e. The maximum absolute atomic E-state index is 13.7. The minimum Gasteiger partial charge on any atom is -0.462 e. The molecule has 0 saturated carbocycles. The van der Waals surface area contributed by atoms with Crippen LogP contribution in [0.25, 0.3) is 0 Å². The second-order valence-corrected chi connectivity index (χ2v) is 25.7. The molecule has 0 spiro atoms. The molecule has 89 heavy (non-hydrogen) atoms. The van der Waals surface area contributed by atoms with Crippen LogP contribution in [0.2, 0.25) is 0 Å². The van der Waals surface area contributed by atoms with Crippen LogP contribution >= 0.6 is 7.82 Å². The lowest BCUT2D eigenvalue weighted by atomic mass is 10.1. The number of phosphoric acid groups is 1. The molecule has 0 saturated heterocycles. The molecule has 0 bridgehead atoms. The van der Waals surface area contributed by atoms with Gasteiger partial charge >= 0.3 is 19.8 Å². The van der Waals surface area contributed by atoms with Gasteiger partial charge in [-0.2, -0.15) is 0 Å². The number of nitrogens with zero attached hydrogens (tertiary/aromatic N) is 1. The molecule has 0 aromatic carbocycles. The molecule has 0 radical (unpaired) electrons. The average Bonchev–Trinajstić information content (AvgIpc) is 3.63. The SMILES string of the molecule is CCCCC/C=C\C/C=C\CCCCCCCC(=O)OC[C@H](COP(=O)(O)OCCN(C(=O)CCCCCCC/C=C\C/C=C\CCCCC)C(=O)CCCCCCC/C=C\C/C=C\CCCCC)OC(=O)CCCCCCC/C=C\C/C=C\CCCCC. The van der Waals surface area contributed by atoms with Gasteiger partial charge in [0.1, 0.15) is 6.61 Å². The van der Waals surface area contributed by atoms with E-state index in [1.54, 1.807) is 0 Å². The molecule has 0 aromatic heterocycles. The molecule has 0 aliphatic rings. The van der Waals surface area contributed by atoms with Crippen molar-refractivity contribution in [2.24, 2.45) is 0 Å². The normalized spacial score (nSPS) is 13.3. The number of amides is 2.